The standard InChI is InChI=1S/C11H16N2O4S/c1-12-9(14)5-8(11(12)17)13-2-3-18-6-7(13)4-10(15)16/h7-8H,2-6H2,1H3,(H,15,16). The van der Waals surface area contributed by atoms with E-state index in [-0.39, 0.29) is 30.7 Å². The van der Waals surface area contributed by atoms with Gasteiger partial charge in [-0.2, -0.15) is 11.8 Å². The van der Waals surface area contributed by atoms with Gasteiger partial charge in [0.1, 0.15) is 0 Å². The molecule has 0 aromatic carbocycles. The first-order chi connectivity index (χ1) is 8.50. The fourth-order valence-corrected chi connectivity index (χ4v) is 3.54. The number of hydrogen-bond acceptors (Lipinski definition) is 5. The van der Waals surface area contributed by atoms with E-state index in [0.29, 0.717) is 12.3 Å². The van der Waals surface area contributed by atoms with Gasteiger partial charge in [0.25, 0.3) is 0 Å². The van der Waals surface area contributed by atoms with Gasteiger partial charge in [-0.25, -0.2) is 0 Å². The highest BCUT2D eigenvalue weighted by atomic mass is 32.2. The van der Waals surface area contributed by atoms with Crippen molar-refractivity contribution in [2.45, 2.75) is 24.9 Å². The molecule has 2 heterocycles. The lowest BCUT2D eigenvalue weighted by atomic mass is 10.1. The fourth-order valence-electron chi connectivity index (χ4n) is 2.45. The number of carboxylic acids is 1. The summed E-state index contributed by atoms with van der Waals surface area (Å²) >= 11 is 1.70. The minimum atomic E-state index is -0.863. The second-order valence-corrected chi connectivity index (χ2v) is 5.73. The number of amides is 2. The molecule has 0 aliphatic carbocycles. The van der Waals surface area contributed by atoms with Crippen molar-refractivity contribution in [1.29, 1.82) is 0 Å². The Balaban J connectivity index is 2.11. The number of carbonyl (C=O) groups is 3. The minimum Gasteiger partial charge on any atom is -0.481 e. The molecule has 2 aliphatic rings. The van der Waals surface area contributed by atoms with Crippen molar-refractivity contribution in [1.82, 2.24) is 9.80 Å². The molecular formula is C11H16N2O4S. The number of rotatable bonds is 3. The van der Waals surface area contributed by atoms with Gasteiger partial charge in [0.2, 0.25) is 11.8 Å². The first-order valence-corrected chi connectivity index (χ1v) is 7.02. The number of likely N-dealkylation sites (tertiary alicyclic amines) is 1. The molecule has 2 unspecified atom stereocenters. The van der Waals surface area contributed by atoms with Crippen LogP contribution in [0.25, 0.3) is 0 Å². The van der Waals surface area contributed by atoms with Crippen LogP contribution < -0.4 is 0 Å². The third kappa shape index (κ3) is 2.51. The van der Waals surface area contributed by atoms with Crippen LogP contribution in [0.1, 0.15) is 12.8 Å². The van der Waals surface area contributed by atoms with E-state index >= 15 is 0 Å². The molecule has 0 aromatic heterocycles. The van der Waals surface area contributed by atoms with Crippen molar-refractivity contribution in [3.8, 4) is 0 Å². The van der Waals surface area contributed by atoms with Crippen molar-refractivity contribution in [3.05, 3.63) is 0 Å². The average molecular weight is 272 g/mol. The van der Waals surface area contributed by atoms with Crippen LogP contribution in [0.3, 0.4) is 0 Å². The largest absolute Gasteiger partial charge is 0.481 e. The summed E-state index contributed by atoms with van der Waals surface area (Å²) in [5, 5.41) is 8.90. The molecule has 0 saturated carbocycles. The van der Waals surface area contributed by atoms with E-state index in [0.717, 1.165) is 10.7 Å². The molecule has 2 aliphatic heterocycles. The Kier molecular flexibility index (Phi) is 3.91. The van der Waals surface area contributed by atoms with Gasteiger partial charge in [0.15, 0.2) is 0 Å². The zero-order valence-corrected chi connectivity index (χ0v) is 11.0. The van der Waals surface area contributed by atoms with Gasteiger partial charge in [-0.05, 0) is 0 Å². The molecule has 0 spiro atoms. The van der Waals surface area contributed by atoms with Crippen LogP contribution in [0, 0.1) is 0 Å². The van der Waals surface area contributed by atoms with Gasteiger partial charge in [0.05, 0.1) is 18.9 Å². The lowest BCUT2D eigenvalue weighted by Crippen LogP contribution is -2.51. The Labute approximate surface area is 109 Å². The first kappa shape index (κ1) is 13.4. The summed E-state index contributed by atoms with van der Waals surface area (Å²) in [5.41, 5.74) is 0. The summed E-state index contributed by atoms with van der Waals surface area (Å²) < 4.78 is 0. The van der Waals surface area contributed by atoms with Gasteiger partial charge < -0.3 is 5.11 Å². The van der Waals surface area contributed by atoms with Gasteiger partial charge in [0, 0.05) is 31.1 Å². The Hall–Kier alpha value is -1.08. The van der Waals surface area contributed by atoms with Gasteiger partial charge in [-0.3, -0.25) is 24.2 Å². The second kappa shape index (κ2) is 5.27. The van der Waals surface area contributed by atoms with Crippen LogP contribution in [-0.2, 0) is 14.4 Å². The summed E-state index contributed by atoms with van der Waals surface area (Å²) in [6.45, 7) is 0.667. The Morgan fingerprint density at radius 1 is 1.50 bits per heavy atom. The molecule has 2 rings (SSSR count). The molecule has 0 aromatic rings. The van der Waals surface area contributed by atoms with Gasteiger partial charge in [-0.1, -0.05) is 0 Å². The monoisotopic (exact) mass is 272 g/mol. The lowest BCUT2D eigenvalue weighted by molar-refractivity contribution is -0.141. The number of hydrogen-bond donors (Lipinski definition) is 1. The summed E-state index contributed by atoms with van der Waals surface area (Å²) in [6, 6.07) is -0.623. The number of thioether (sulfide) groups is 1. The predicted octanol–water partition coefficient (Wildman–Crippen LogP) is -0.364. The molecule has 2 amide bonds. The molecular weight excluding hydrogens is 256 g/mol. The predicted molar refractivity (Wildman–Crippen MR) is 66.3 cm³/mol. The van der Waals surface area contributed by atoms with Crippen LogP contribution >= 0.6 is 11.8 Å². The molecule has 6 nitrogen and oxygen atoms in total. The number of imide groups is 1. The highest BCUT2D eigenvalue weighted by Crippen LogP contribution is 2.26. The zero-order chi connectivity index (χ0) is 13.3. The van der Waals surface area contributed by atoms with Crippen LogP contribution in [0.15, 0.2) is 0 Å². The minimum absolute atomic E-state index is 0.0225. The summed E-state index contributed by atoms with van der Waals surface area (Å²) in [7, 11) is 1.48. The van der Waals surface area contributed by atoms with E-state index in [2.05, 4.69) is 0 Å². The van der Waals surface area contributed by atoms with Crippen molar-refractivity contribution in [3.63, 3.8) is 0 Å². The van der Waals surface area contributed by atoms with E-state index in [1.807, 2.05) is 4.90 Å². The van der Waals surface area contributed by atoms with Crippen LogP contribution in [0.5, 0.6) is 0 Å². The van der Waals surface area contributed by atoms with Crippen molar-refractivity contribution >= 4 is 29.5 Å². The SMILES string of the molecule is CN1C(=O)CC(N2CCSCC2CC(=O)O)C1=O. The highest BCUT2D eigenvalue weighted by molar-refractivity contribution is 7.99. The molecule has 100 valence electrons. The summed E-state index contributed by atoms with van der Waals surface area (Å²) in [4.78, 5) is 37.4. The van der Waals surface area contributed by atoms with Crippen LogP contribution in [0.4, 0.5) is 0 Å². The van der Waals surface area contributed by atoms with Gasteiger partial charge >= 0.3 is 5.97 Å². The quantitative estimate of drug-likeness (QED) is 0.707. The fraction of sp³-hybridized carbons (Fsp3) is 0.727. The number of aliphatic carboxylic acids is 1. The number of likely N-dealkylation sites (N-methyl/N-ethyl adjacent to an activating group) is 1. The van der Waals surface area contributed by atoms with Crippen LogP contribution in [-0.4, -0.2) is 69.9 Å². The highest BCUT2D eigenvalue weighted by Gasteiger charge is 2.43. The molecule has 2 atom stereocenters. The summed E-state index contributed by atoms with van der Waals surface area (Å²) in [5.74, 6) is 0.323. The Bertz CT molecular complexity index is 387. The normalized spacial score (nSPS) is 29.9. The second-order valence-electron chi connectivity index (χ2n) is 4.58. The molecule has 7 heteroatoms. The van der Waals surface area contributed by atoms with Crippen molar-refractivity contribution < 1.29 is 19.5 Å². The summed E-state index contributed by atoms with van der Waals surface area (Å²) in [6.07, 6.45) is 0.199. The first-order valence-electron chi connectivity index (χ1n) is 5.86. The molecule has 2 fully saturated rings. The third-order valence-corrected chi connectivity index (χ3v) is 4.53. The average Bonchev–Trinajstić information content (AvgIpc) is 2.57. The smallest absolute Gasteiger partial charge is 0.304 e. The molecule has 0 bridgehead atoms. The van der Waals surface area contributed by atoms with E-state index < -0.39 is 12.0 Å². The molecule has 1 N–H and O–H groups in total. The van der Waals surface area contributed by atoms with Crippen molar-refractivity contribution in [2.75, 3.05) is 25.1 Å². The number of nitrogens with zero attached hydrogens (tertiary/aromatic N) is 2. The van der Waals surface area contributed by atoms with Crippen LogP contribution in [0.2, 0.25) is 0 Å². The van der Waals surface area contributed by atoms with Gasteiger partial charge in [-0.15, -0.1) is 0 Å². The number of carbonyl (C=O) groups excluding carboxylic acids is 2. The maximum absolute atomic E-state index is 12.0. The van der Waals surface area contributed by atoms with E-state index in [4.69, 9.17) is 5.11 Å². The third-order valence-electron chi connectivity index (χ3n) is 3.44. The van der Waals surface area contributed by atoms with E-state index in [1.54, 1.807) is 11.8 Å². The van der Waals surface area contributed by atoms with E-state index in [1.165, 1.54) is 7.05 Å². The molecule has 18 heavy (non-hydrogen) atoms. The molecule has 0 radical (unpaired) electrons. The Morgan fingerprint density at radius 3 is 2.78 bits per heavy atom. The molecule has 2 saturated heterocycles. The van der Waals surface area contributed by atoms with E-state index in [9.17, 15) is 14.4 Å². The zero-order valence-electron chi connectivity index (χ0n) is 10.2. The number of carboxylic acid groups (broad SMARTS) is 1. The lowest BCUT2D eigenvalue weighted by Gasteiger charge is -2.37. The topological polar surface area (TPSA) is 77.9 Å². The maximum atomic E-state index is 12.0. The maximum Gasteiger partial charge on any atom is 0.304 e. The van der Waals surface area contributed by atoms with Crippen molar-refractivity contribution in [2.24, 2.45) is 0 Å². The Morgan fingerprint density at radius 2 is 2.22 bits per heavy atom.